The molecule has 44 heavy (non-hydrogen) atoms. The average Bonchev–Trinajstić information content (AvgIpc) is 3.48. The summed E-state index contributed by atoms with van der Waals surface area (Å²) in [5, 5.41) is 5.48. The molecule has 234 valence electrons. The number of carbonyl (C=O) groups is 2. The number of nitrogens with one attached hydrogen (secondary N) is 1. The number of carbonyl (C=O) groups excluding carboxylic acids is 2. The van der Waals surface area contributed by atoms with Crippen molar-refractivity contribution in [2.75, 3.05) is 19.4 Å². The van der Waals surface area contributed by atoms with E-state index < -0.39 is 11.9 Å². The molecule has 3 aromatic rings. The van der Waals surface area contributed by atoms with Crippen LogP contribution in [-0.4, -0.2) is 63.1 Å². The number of amides is 1. The summed E-state index contributed by atoms with van der Waals surface area (Å²) in [4.78, 5) is 36.6. The van der Waals surface area contributed by atoms with E-state index in [4.69, 9.17) is 27.9 Å². The number of likely N-dealkylation sites (tertiary alicyclic amines) is 1. The zero-order chi connectivity index (χ0) is 31.8. The zero-order valence-electron chi connectivity index (χ0n) is 25.0. The number of ether oxygens (including phenoxy) is 1. The molecule has 2 heterocycles. The highest BCUT2D eigenvalue weighted by atomic mass is 35.5. The van der Waals surface area contributed by atoms with E-state index in [-0.39, 0.29) is 47.4 Å². The molecule has 1 aliphatic rings. The fourth-order valence-electron chi connectivity index (χ4n) is 4.86. The summed E-state index contributed by atoms with van der Waals surface area (Å²) in [7, 11) is 2.82. The highest BCUT2D eigenvalue weighted by Gasteiger charge is 2.42. The Kier molecular flexibility index (Phi) is 12.0. The van der Waals surface area contributed by atoms with Crippen molar-refractivity contribution in [1.29, 1.82) is 0 Å². The van der Waals surface area contributed by atoms with Gasteiger partial charge in [0.15, 0.2) is 16.6 Å². The number of thioether (sulfide) groups is 1. The SMILES string of the molecule is CSc1ncc(Cl)c(C(=O)N2CC(N(N)/C=C(\N)COc3ccc(C(P)NCc4ccccc4)cc3)CC2C(=O)C(C)C)n1. The number of ketones is 1. The van der Waals surface area contributed by atoms with Crippen LogP contribution in [0.25, 0.3) is 0 Å². The monoisotopic (exact) mass is 655 g/mol. The first-order valence-corrected chi connectivity index (χ1v) is 16.5. The summed E-state index contributed by atoms with van der Waals surface area (Å²) >= 11 is 7.58. The van der Waals surface area contributed by atoms with Crippen LogP contribution in [0.2, 0.25) is 5.02 Å². The minimum absolute atomic E-state index is 0.0590. The van der Waals surface area contributed by atoms with Crippen molar-refractivity contribution in [2.24, 2.45) is 17.5 Å². The van der Waals surface area contributed by atoms with Crippen molar-refractivity contribution in [1.82, 2.24) is 25.2 Å². The van der Waals surface area contributed by atoms with Gasteiger partial charge in [0.25, 0.3) is 5.91 Å². The zero-order valence-corrected chi connectivity index (χ0v) is 27.7. The molecule has 0 radical (unpaired) electrons. The van der Waals surface area contributed by atoms with Gasteiger partial charge in [0.05, 0.1) is 29.0 Å². The molecule has 5 N–H and O–H groups in total. The average molecular weight is 656 g/mol. The molecule has 4 unspecified atom stereocenters. The van der Waals surface area contributed by atoms with E-state index >= 15 is 0 Å². The molecule has 0 aliphatic carbocycles. The fourth-order valence-corrected chi connectivity index (χ4v) is 5.71. The molecule has 13 heteroatoms. The van der Waals surface area contributed by atoms with Gasteiger partial charge in [0.1, 0.15) is 12.4 Å². The maximum atomic E-state index is 13.6. The highest BCUT2D eigenvalue weighted by molar-refractivity contribution is 7.98. The summed E-state index contributed by atoms with van der Waals surface area (Å²) in [5.41, 5.74) is 9.04. The third kappa shape index (κ3) is 8.70. The maximum Gasteiger partial charge on any atom is 0.274 e. The van der Waals surface area contributed by atoms with E-state index in [1.54, 1.807) is 6.20 Å². The van der Waals surface area contributed by atoms with Crippen LogP contribution >= 0.6 is 32.6 Å². The molecular weight excluding hydrogens is 617 g/mol. The molecule has 4 rings (SSSR count). The molecule has 1 saturated heterocycles. The topological polar surface area (TPSA) is 140 Å². The van der Waals surface area contributed by atoms with Gasteiger partial charge in [0, 0.05) is 31.0 Å². The van der Waals surface area contributed by atoms with Crippen molar-refractivity contribution in [3.63, 3.8) is 0 Å². The smallest absolute Gasteiger partial charge is 0.274 e. The number of nitrogens with two attached hydrogens (primary N) is 2. The quantitative estimate of drug-likeness (QED) is 0.0799. The molecule has 0 spiro atoms. The minimum Gasteiger partial charge on any atom is -0.487 e. The van der Waals surface area contributed by atoms with Gasteiger partial charge in [0.2, 0.25) is 0 Å². The number of hydrazine groups is 1. The highest BCUT2D eigenvalue weighted by Crippen LogP contribution is 2.28. The van der Waals surface area contributed by atoms with Gasteiger partial charge in [-0.25, -0.2) is 15.8 Å². The van der Waals surface area contributed by atoms with Gasteiger partial charge in [-0.15, -0.1) is 9.24 Å². The molecule has 4 atom stereocenters. The van der Waals surface area contributed by atoms with Crippen LogP contribution < -0.4 is 21.6 Å². The van der Waals surface area contributed by atoms with Crippen LogP contribution in [0.4, 0.5) is 0 Å². The van der Waals surface area contributed by atoms with Crippen LogP contribution in [0.5, 0.6) is 5.75 Å². The number of benzene rings is 2. The Balaban J connectivity index is 1.36. The standard InChI is InChI=1S/C31H39ClN7O3PS/c1-19(2)28(40)26-13-23(17-38(26)30(41)27-25(32)15-36-31(37-27)44-3)39(34)16-22(33)18-42-24-11-9-21(10-12-24)29(43)35-14-20-7-5-4-6-8-20/h4-12,15-16,19,23,26,29,35H,13-14,17-18,33-34,43H2,1-3H3/b22-16-. The van der Waals surface area contributed by atoms with Crippen molar-refractivity contribution >= 4 is 44.3 Å². The van der Waals surface area contributed by atoms with Crippen molar-refractivity contribution < 1.29 is 14.3 Å². The molecule has 0 saturated carbocycles. The lowest BCUT2D eigenvalue weighted by Gasteiger charge is -2.25. The van der Waals surface area contributed by atoms with E-state index in [0.29, 0.717) is 23.0 Å². The molecule has 2 aromatic carbocycles. The van der Waals surface area contributed by atoms with Crippen molar-refractivity contribution in [2.45, 2.75) is 49.8 Å². The predicted octanol–water partition coefficient (Wildman–Crippen LogP) is 4.38. The third-order valence-electron chi connectivity index (χ3n) is 7.29. The number of hydrogen-bond donors (Lipinski definition) is 3. The molecule has 1 aliphatic heterocycles. The van der Waals surface area contributed by atoms with E-state index in [0.717, 1.165) is 12.1 Å². The van der Waals surface area contributed by atoms with Gasteiger partial charge < -0.3 is 25.7 Å². The number of Topliss-reactive ketones (excluding diaryl/α,β-unsaturated/α-hetero) is 1. The van der Waals surface area contributed by atoms with Crippen LogP contribution in [0.15, 0.2) is 77.8 Å². The van der Waals surface area contributed by atoms with E-state index in [2.05, 4.69) is 36.7 Å². The Morgan fingerprint density at radius 3 is 2.59 bits per heavy atom. The first kappa shape index (κ1) is 33.7. The normalized spacial score (nSPS) is 17.5. The van der Waals surface area contributed by atoms with E-state index in [1.165, 1.54) is 33.4 Å². The van der Waals surface area contributed by atoms with Crippen LogP contribution in [0, 0.1) is 5.92 Å². The predicted molar refractivity (Wildman–Crippen MR) is 178 cm³/mol. The minimum atomic E-state index is -0.672. The Morgan fingerprint density at radius 1 is 1.23 bits per heavy atom. The Hall–Kier alpha value is -3.21. The molecule has 1 fully saturated rings. The second kappa shape index (κ2) is 15.7. The largest absolute Gasteiger partial charge is 0.487 e. The second-order valence-electron chi connectivity index (χ2n) is 10.8. The van der Waals surface area contributed by atoms with Gasteiger partial charge in [-0.3, -0.25) is 9.59 Å². The molecule has 10 nitrogen and oxygen atoms in total. The number of aromatic nitrogens is 2. The number of hydrogen-bond acceptors (Lipinski definition) is 10. The summed E-state index contributed by atoms with van der Waals surface area (Å²) in [5.74, 6) is 6.38. The fraction of sp³-hybridized carbons (Fsp3) is 0.355. The van der Waals surface area contributed by atoms with Gasteiger partial charge in [-0.05, 0) is 35.9 Å². The number of rotatable bonds is 13. The van der Waals surface area contributed by atoms with Crippen LogP contribution in [-0.2, 0) is 11.3 Å². The van der Waals surface area contributed by atoms with Gasteiger partial charge in [-0.1, -0.05) is 79.7 Å². The van der Waals surface area contributed by atoms with Crippen molar-refractivity contribution in [3.8, 4) is 5.75 Å². The summed E-state index contributed by atoms with van der Waals surface area (Å²) in [6.45, 7) is 4.70. The third-order valence-corrected chi connectivity index (χ3v) is 8.75. The summed E-state index contributed by atoms with van der Waals surface area (Å²) in [6, 6.07) is 17.0. The summed E-state index contributed by atoms with van der Waals surface area (Å²) < 4.78 is 5.89. The van der Waals surface area contributed by atoms with E-state index in [9.17, 15) is 9.59 Å². The lowest BCUT2D eigenvalue weighted by Crippen LogP contribution is -2.43. The molecule has 0 bridgehead atoms. The van der Waals surface area contributed by atoms with Crippen LogP contribution in [0.3, 0.4) is 0 Å². The van der Waals surface area contributed by atoms with Crippen LogP contribution in [0.1, 0.15) is 47.7 Å². The van der Waals surface area contributed by atoms with Crippen molar-refractivity contribution in [3.05, 3.63) is 94.5 Å². The first-order chi connectivity index (χ1) is 21.1. The molecular formula is C31H39ClN7O3PS. The molecule has 1 amide bonds. The lowest BCUT2D eigenvalue weighted by molar-refractivity contribution is -0.125. The second-order valence-corrected chi connectivity index (χ2v) is 12.7. The number of halogens is 1. The Labute approximate surface area is 270 Å². The summed E-state index contributed by atoms with van der Waals surface area (Å²) in [6.07, 6.45) is 5.13. The first-order valence-electron chi connectivity index (χ1n) is 14.2. The van der Waals surface area contributed by atoms with Gasteiger partial charge >= 0.3 is 0 Å². The Morgan fingerprint density at radius 2 is 1.93 bits per heavy atom. The van der Waals surface area contributed by atoms with Gasteiger partial charge in [-0.2, -0.15) is 0 Å². The maximum absolute atomic E-state index is 13.6. The lowest BCUT2D eigenvalue weighted by atomic mass is 9.98. The number of nitrogens with zero attached hydrogens (tertiary/aromatic N) is 4. The molecule has 1 aromatic heterocycles. The Bertz CT molecular complexity index is 1460. The van der Waals surface area contributed by atoms with E-state index in [1.807, 2.05) is 62.6 Å².